The fraction of sp³-hybridized carbons (Fsp3) is 0.500. The lowest BCUT2D eigenvalue weighted by Gasteiger charge is -2.17. The molecule has 0 saturated carbocycles. The van der Waals surface area contributed by atoms with Crippen molar-refractivity contribution in [1.29, 1.82) is 0 Å². The van der Waals surface area contributed by atoms with E-state index in [0.29, 0.717) is 48.6 Å². The van der Waals surface area contributed by atoms with E-state index in [2.05, 4.69) is 32.7 Å². The molecule has 0 aliphatic rings. The largest absolute Gasteiger partial charge is 0.616 e. The molecule has 0 bridgehead atoms. The molecule has 2 aromatic rings. The van der Waals surface area contributed by atoms with Gasteiger partial charge in [0.25, 0.3) is 11.6 Å². The van der Waals surface area contributed by atoms with Gasteiger partial charge in [0, 0.05) is 12.8 Å². The van der Waals surface area contributed by atoms with Crippen LogP contribution in [0.1, 0.15) is 44.6 Å². The molecule has 0 atom stereocenters. The SMILES string of the molecule is COc1nc(CC(C)C)c(OCc2ccccc2)[n+]([O-])c1CC(C)C. The predicted molar refractivity (Wildman–Crippen MR) is 97.6 cm³/mol. The van der Waals surface area contributed by atoms with Gasteiger partial charge in [-0.3, -0.25) is 0 Å². The number of hydrogen-bond donors (Lipinski definition) is 0. The third-order valence-electron chi connectivity index (χ3n) is 3.77. The van der Waals surface area contributed by atoms with Crippen molar-refractivity contribution in [3.05, 3.63) is 52.5 Å². The first-order valence-corrected chi connectivity index (χ1v) is 8.78. The number of aromatic nitrogens is 2. The second-order valence-corrected chi connectivity index (χ2v) is 7.08. The molecule has 0 unspecified atom stereocenters. The zero-order valence-electron chi connectivity index (χ0n) is 15.8. The van der Waals surface area contributed by atoms with Crippen molar-refractivity contribution in [2.45, 2.75) is 47.1 Å². The molecular formula is C20H28N2O3. The minimum absolute atomic E-state index is 0.286. The van der Waals surface area contributed by atoms with E-state index in [1.807, 2.05) is 30.3 Å². The fourth-order valence-corrected chi connectivity index (χ4v) is 2.67. The van der Waals surface area contributed by atoms with Crippen LogP contribution in [0.5, 0.6) is 11.8 Å². The average Bonchev–Trinajstić information content (AvgIpc) is 2.57. The molecule has 1 heterocycles. The Balaban J connectivity index is 2.41. The van der Waals surface area contributed by atoms with Crippen molar-refractivity contribution < 1.29 is 14.2 Å². The molecule has 0 aliphatic heterocycles. The summed E-state index contributed by atoms with van der Waals surface area (Å²) in [6.07, 6.45) is 1.24. The van der Waals surface area contributed by atoms with E-state index in [-0.39, 0.29) is 5.88 Å². The minimum Gasteiger partial charge on any atom is -0.616 e. The Kier molecular flexibility index (Phi) is 6.62. The smallest absolute Gasteiger partial charge is 0.402 e. The quantitative estimate of drug-likeness (QED) is 0.541. The van der Waals surface area contributed by atoms with Crippen LogP contribution in [-0.4, -0.2) is 12.1 Å². The highest BCUT2D eigenvalue weighted by atomic mass is 16.6. The van der Waals surface area contributed by atoms with Gasteiger partial charge < -0.3 is 14.7 Å². The maximum absolute atomic E-state index is 13.0. The lowest BCUT2D eigenvalue weighted by Crippen LogP contribution is -2.37. The predicted octanol–water partition coefficient (Wildman–Crippen LogP) is 3.70. The number of rotatable bonds is 8. The van der Waals surface area contributed by atoms with E-state index < -0.39 is 0 Å². The molecule has 1 aromatic heterocycles. The van der Waals surface area contributed by atoms with Crippen LogP contribution in [-0.2, 0) is 19.4 Å². The van der Waals surface area contributed by atoms with E-state index in [4.69, 9.17) is 9.47 Å². The number of ether oxygens (including phenoxy) is 2. The van der Waals surface area contributed by atoms with Gasteiger partial charge in [-0.1, -0.05) is 58.0 Å². The Morgan fingerprint density at radius 2 is 1.68 bits per heavy atom. The van der Waals surface area contributed by atoms with E-state index in [1.54, 1.807) is 7.11 Å². The zero-order chi connectivity index (χ0) is 18.4. The summed E-state index contributed by atoms with van der Waals surface area (Å²) in [7, 11) is 1.55. The lowest BCUT2D eigenvalue weighted by molar-refractivity contribution is -0.623. The molecule has 0 aliphatic carbocycles. The van der Waals surface area contributed by atoms with Gasteiger partial charge in [-0.25, -0.2) is 4.98 Å². The van der Waals surface area contributed by atoms with Crippen molar-refractivity contribution >= 4 is 0 Å². The average molecular weight is 344 g/mol. The van der Waals surface area contributed by atoms with Gasteiger partial charge in [-0.15, -0.1) is 4.73 Å². The first kappa shape index (κ1) is 19.0. The molecule has 136 valence electrons. The monoisotopic (exact) mass is 344 g/mol. The highest BCUT2D eigenvalue weighted by Crippen LogP contribution is 2.24. The van der Waals surface area contributed by atoms with Crippen LogP contribution >= 0.6 is 0 Å². The molecule has 0 amide bonds. The van der Waals surface area contributed by atoms with Crippen LogP contribution in [0.3, 0.4) is 0 Å². The first-order valence-electron chi connectivity index (χ1n) is 8.78. The molecule has 0 fully saturated rings. The number of benzene rings is 1. The van der Waals surface area contributed by atoms with Gasteiger partial charge in [-0.05, 0) is 17.4 Å². The standard InChI is InChI=1S/C20H28N2O3/c1-14(2)11-17-20(25-13-16-9-7-6-8-10-16)22(23)18(12-15(3)4)19(21-17)24-5/h6-10,14-15H,11-13H2,1-5H3. The summed E-state index contributed by atoms with van der Waals surface area (Å²) in [4.78, 5) is 4.59. The minimum atomic E-state index is 0.286. The molecule has 0 saturated heterocycles. The maximum Gasteiger partial charge on any atom is 0.402 e. The topological polar surface area (TPSA) is 58.3 Å². The number of nitrogens with zero attached hydrogens (tertiary/aromatic N) is 2. The molecule has 5 nitrogen and oxygen atoms in total. The normalized spacial score (nSPS) is 11.2. The summed E-state index contributed by atoms with van der Waals surface area (Å²) >= 11 is 0. The molecule has 0 radical (unpaired) electrons. The molecule has 0 spiro atoms. The molecule has 25 heavy (non-hydrogen) atoms. The summed E-state index contributed by atoms with van der Waals surface area (Å²) in [5, 5.41) is 13.0. The summed E-state index contributed by atoms with van der Waals surface area (Å²) in [6, 6.07) is 9.81. The first-order chi connectivity index (χ1) is 11.9. The van der Waals surface area contributed by atoms with Gasteiger partial charge >= 0.3 is 5.88 Å². The lowest BCUT2D eigenvalue weighted by atomic mass is 10.1. The van der Waals surface area contributed by atoms with Crippen LogP contribution < -0.4 is 14.2 Å². The summed E-state index contributed by atoms with van der Waals surface area (Å²) in [5.41, 5.74) is 2.18. The van der Waals surface area contributed by atoms with E-state index in [9.17, 15) is 5.21 Å². The van der Waals surface area contributed by atoms with Crippen LogP contribution in [0, 0.1) is 17.0 Å². The van der Waals surface area contributed by atoms with Gasteiger partial charge in [0.05, 0.1) is 7.11 Å². The fourth-order valence-electron chi connectivity index (χ4n) is 2.67. The van der Waals surface area contributed by atoms with Crippen molar-refractivity contribution in [2.75, 3.05) is 7.11 Å². The summed E-state index contributed by atoms with van der Waals surface area (Å²) < 4.78 is 12.2. The Morgan fingerprint density at radius 1 is 1.04 bits per heavy atom. The van der Waals surface area contributed by atoms with Crippen molar-refractivity contribution in [2.24, 2.45) is 11.8 Å². The molecule has 2 rings (SSSR count). The van der Waals surface area contributed by atoms with Crippen LogP contribution in [0.25, 0.3) is 0 Å². The molecular weight excluding hydrogens is 316 g/mol. The van der Waals surface area contributed by atoms with Gasteiger partial charge in [0.1, 0.15) is 6.61 Å². The number of hydrogen-bond acceptors (Lipinski definition) is 4. The van der Waals surface area contributed by atoms with Crippen molar-refractivity contribution in [3.63, 3.8) is 0 Å². The summed E-state index contributed by atoms with van der Waals surface area (Å²) in [6.45, 7) is 8.64. The molecule has 5 heteroatoms. The van der Waals surface area contributed by atoms with Crippen molar-refractivity contribution in [1.82, 2.24) is 4.98 Å². The van der Waals surface area contributed by atoms with Crippen LogP contribution in [0.2, 0.25) is 0 Å². The maximum atomic E-state index is 13.0. The number of methoxy groups -OCH3 is 1. The Bertz CT molecular complexity index is 685. The van der Waals surface area contributed by atoms with E-state index >= 15 is 0 Å². The molecule has 1 aromatic carbocycles. The van der Waals surface area contributed by atoms with Gasteiger partial charge in [0.15, 0.2) is 5.69 Å². The Morgan fingerprint density at radius 3 is 2.24 bits per heavy atom. The second kappa shape index (κ2) is 8.70. The third-order valence-corrected chi connectivity index (χ3v) is 3.77. The van der Waals surface area contributed by atoms with Gasteiger partial charge in [0.2, 0.25) is 0 Å². The van der Waals surface area contributed by atoms with Crippen LogP contribution in [0.4, 0.5) is 0 Å². The van der Waals surface area contributed by atoms with Crippen molar-refractivity contribution in [3.8, 4) is 11.8 Å². The second-order valence-electron chi connectivity index (χ2n) is 7.08. The van der Waals surface area contributed by atoms with E-state index in [0.717, 1.165) is 10.3 Å². The Labute approximate surface area is 150 Å². The molecule has 0 N–H and O–H groups in total. The zero-order valence-corrected chi connectivity index (χ0v) is 15.8. The van der Waals surface area contributed by atoms with Crippen LogP contribution in [0.15, 0.2) is 30.3 Å². The highest BCUT2D eigenvalue weighted by molar-refractivity contribution is 5.24. The summed E-state index contributed by atoms with van der Waals surface area (Å²) in [5.74, 6) is 1.35. The van der Waals surface area contributed by atoms with E-state index in [1.165, 1.54) is 0 Å². The highest BCUT2D eigenvalue weighted by Gasteiger charge is 2.27. The third kappa shape index (κ3) is 5.08. The van der Waals surface area contributed by atoms with Gasteiger partial charge in [-0.2, -0.15) is 0 Å². The Hall–Kier alpha value is -2.30.